The first-order chi connectivity index (χ1) is 9.52. The molecule has 1 aromatic heterocycles. The van der Waals surface area contributed by atoms with E-state index in [1.54, 1.807) is 0 Å². The summed E-state index contributed by atoms with van der Waals surface area (Å²) in [5.74, 6) is 2.86. The van der Waals surface area contributed by atoms with Crippen LogP contribution in [0.15, 0.2) is 22.6 Å². The first-order valence-electron chi connectivity index (χ1n) is 6.95. The Hall–Kier alpha value is -1.74. The Labute approximate surface area is 121 Å². The quantitative estimate of drug-likeness (QED) is 0.899. The molecule has 0 fully saturated rings. The number of ether oxygens (including phenoxy) is 1. The van der Waals surface area contributed by atoms with Crippen LogP contribution >= 0.6 is 0 Å². The van der Waals surface area contributed by atoms with Gasteiger partial charge in [-0.05, 0) is 57.5 Å². The van der Waals surface area contributed by atoms with Crippen molar-refractivity contribution in [2.45, 2.75) is 40.8 Å². The number of hydrogen-bond acceptors (Lipinski definition) is 3. The van der Waals surface area contributed by atoms with E-state index in [1.165, 1.54) is 16.7 Å². The van der Waals surface area contributed by atoms with Gasteiger partial charge in [-0.25, -0.2) is 0 Å². The third-order valence-electron chi connectivity index (χ3n) is 3.67. The summed E-state index contributed by atoms with van der Waals surface area (Å²) in [4.78, 5) is 0. The lowest BCUT2D eigenvalue weighted by Crippen LogP contribution is -2.03. The van der Waals surface area contributed by atoms with Crippen LogP contribution in [0.2, 0.25) is 0 Å². The van der Waals surface area contributed by atoms with E-state index in [0.717, 1.165) is 29.4 Å². The molecule has 0 atom stereocenters. The van der Waals surface area contributed by atoms with Crippen molar-refractivity contribution < 1.29 is 9.15 Å². The average Bonchev–Trinajstić information content (AvgIpc) is 2.75. The molecule has 0 aliphatic carbocycles. The van der Waals surface area contributed by atoms with E-state index in [0.29, 0.717) is 6.61 Å². The van der Waals surface area contributed by atoms with Crippen LogP contribution in [0, 0.1) is 27.7 Å². The van der Waals surface area contributed by atoms with Gasteiger partial charge in [-0.1, -0.05) is 12.1 Å². The highest BCUT2D eigenvalue weighted by Gasteiger charge is 2.10. The van der Waals surface area contributed by atoms with Crippen LogP contribution in [0.5, 0.6) is 5.75 Å². The highest BCUT2D eigenvalue weighted by molar-refractivity contribution is 5.44. The van der Waals surface area contributed by atoms with E-state index in [1.807, 2.05) is 14.0 Å². The Kier molecular flexibility index (Phi) is 4.50. The molecule has 1 N–H and O–H groups in total. The zero-order chi connectivity index (χ0) is 14.7. The minimum atomic E-state index is 0.546. The van der Waals surface area contributed by atoms with E-state index in [2.05, 4.69) is 44.3 Å². The minimum Gasteiger partial charge on any atom is -0.488 e. The lowest BCUT2D eigenvalue weighted by Gasteiger charge is -2.13. The van der Waals surface area contributed by atoms with E-state index < -0.39 is 0 Å². The van der Waals surface area contributed by atoms with Gasteiger partial charge in [0.25, 0.3) is 0 Å². The van der Waals surface area contributed by atoms with Crippen LogP contribution in [-0.2, 0) is 13.2 Å². The summed E-state index contributed by atoms with van der Waals surface area (Å²) in [7, 11) is 1.91. The van der Waals surface area contributed by atoms with Crippen molar-refractivity contribution in [3.05, 3.63) is 52.0 Å². The smallest absolute Gasteiger partial charge is 0.125 e. The molecule has 3 heteroatoms. The molecule has 1 aromatic carbocycles. The summed E-state index contributed by atoms with van der Waals surface area (Å²) in [6.45, 7) is 9.56. The number of rotatable bonds is 5. The zero-order valence-electron chi connectivity index (χ0n) is 13.0. The molecule has 0 aliphatic rings. The summed E-state index contributed by atoms with van der Waals surface area (Å²) in [5.41, 5.74) is 4.74. The second-order valence-electron chi connectivity index (χ2n) is 5.27. The molecule has 2 aromatic rings. The molecule has 3 nitrogen and oxygen atoms in total. The molecule has 0 radical (unpaired) electrons. The number of furan rings is 1. The Morgan fingerprint density at radius 1 is 1.10 bits per heavy atom. The van der Waals surface area contributed by atoms with Gasteiger partial charge in [0.05, 0.1) is 6.54 Å². The molecule has 0 saturated carbocycles. The van der Waals surface area contributed by atoms with Gasteiger partial charge in [-0.15, -0.1) is 0 Å². The van der Waals surface area contributed by atoms with Crippen molar-refractivity contribution >= 4 is 0 Å². The van der Waals surface area contributed by atoms with E-state index >= 15 is 0 Å². The lowest BCUT2D eigenvalue weighted by atomic mass is 10.1. The van der Waals surface area contributed by atoms with Crippen LogP contribution in [0.25, 0.3) is 0 Å². The second-order valence-corrected chi connectivity index (χ2v) is 5.27. The molecule has 0 aliphatic heterocycles. The largest absolute Gasteiger partial charge is 0.488 e. The van der Waals surface area contributed by atoms with Crippen molar-refractivity contribution in [1.29, 1.82) is 0 Å². The van der Waals surface area contributed by atoms with Gasteiger partial charge in [-0.2, -0.15) is 0 Å². The van der Waals surface area contributed by atoms with Crippen molar-refractivity contribution in [3.8, 4) is 5.75 Å². The number of hydrogen-bond donors (Lipinski definition) is 1. The van der Waals surface area contributed by atoms with E-state index in [9.17, 15) is 0 Å². The topological polar surface area (TPSA) is 34.4 Å². The van der Waals surface area contributed by atoms with Gasteiger partial charge in [-0.3, -0.25) is 0 Å². The summed E-state index contributed by atoms with van der Waals surface area (Å²) in [6.07, 6.45) is 0. The summed E-state index contributed by atoms with van der Waals surface area (Å²) in [6, 6.07) is 6.30. The van der Waals surface area contributed by atoms with Gasteiger partial charge in [0.1, 0.15) is 23.9 Å². The van der Waals surface area contributed by atoms with Crippen LogP contribution in [0.4, 0.5) is 0 Å². The van der Waals surface area contributed by atoms with Crippen LogP contribution in [0.1, 0.15) is 33.8 Å². The molecule has 1 heterocycles. The molecule has 20 heavy (non-hydrogen) atoms. The third-order valence-corrected chi connectivity index (χ3v) is 3.67. The normalized spacial score (nSPS) is 10.8. The second kappa shape index (κ2) is 6.14. The van der Waals surface area contributed by atoms with Gasteiger partial charge in [0.2, 0.25) is 0 Å². The third kappa shape index (κ3) is 3.05. The first kappa shape index (κ1) is 14.7. The van der Waals surface area contributed by atoms with E-state index in [4.69, 9.17) is 9.15 Å². The van der Waals surface area contributed by atoms with Crippen LogP contribution in [0.3, 0.4) is 0 Å². The maximum atomic E-state index is 6.03. The highest BCUT2D eigenvalue weighted by Crippen LogP contribution is 2.27. The van der Waals surface area contributed by atoms with Crippen molar-refractivity contribution in [2.24, 2.45) is 0 Å². The Morgan fingerprint density at radius 2 is 1.80 bits per heavy atom. The SMILES string of the molecule is CNCc1cc(COc2c(C)ccc(C)c2C)c(C)o1. The van der Waals surface area contributed by atoms with Gasteiger partial charge in [0.15, 0.2) is 0 Å². The Morgan fingerprint density at radius 3 is 2.50 bits per heavy atom. The summed E-state index contributed by atoms with van der Waals surface area (Å²) >= 11 is 0. The van der Waals surface area contributed by atoms with Gasteiger partial charge >= 0.3 is 0 Å². The molecule has 108 valence electrons. The molecule has 0 amide bonds. The molecule has 0 bridgehead atoms. The Bertz CT molecular complexity index is 599. The molecule has 0 unspecified atom stereocenters. The van der Waals surface area contributed by atoms with Gasteiger partial charge < -0.3 is 14.5 Å². The molecule has 0 saturated heterocycles. The van der Waals surface area contributed by atoms with Gasteiger partial charge in [0, 0.05) is 5.56 Å². The van der Waals surface area contributed by atoms with Crippen molar-refractivity contribution in [3.63, 3.8) is 0 Å². The standard InChI is InChI=1S/C17H23NO2/c1-11-6-7-12(2)17(13(11)3)19-10-15-8-16(9-18-5)20-14(15)4/h6-8,18H,9-10H2,1-5H3. The van der Waals surface area contributed by atoms with Crippen LogP contribution in [-0.4, -0.2) is 7.05 Å². The zero-order valence-corrected chi connectivity index (χ0v) is 13.0. The minimum absolute atomic E-state index is 0.546. The van der Waals surface area contributed by atoms with Crippen LogP contribution < -0.4 is 10.1 Å². The average molecular weight is 273 g/mol. The Balaban J connectivity index is 2.15. The predicted molar refractivity (Wildman–Crippen MR) is 81.2 cm³/mol. The van der Waals surface area contributed by atoms with Crippen molar-refractivity contribution in [1.82, 2.24) is 5.32 Å². The maximum Gasteiger partial charge on any atom is 0.125 e. The monoisotopic (exact) mass is 273 g/mol. The molecular formula is C17H23NO2. The fraction of sp³-hybridized carbons (Fsp3) is 0.412. The molecule has 0 spiro atoms. The predicted octanol–water partition coefficient (Wildman–Crippen LogP) is 3.81. The number of benzene rings is 1. The van der Waals surface area contributed by atoms with Crippen molar-refractivity contribution in [2.75, 3.05) is 7.05 Å². The highest BCUT2D eigenvalue weighted by atomic mass is 16.5. The fourth-order valence-corrected chi connectivity index (χ4v) is 2.29. The fourth-order valence-electron chi connectivity index (χ4n) is 2.29. The number of nitrogens with one attached hydrogen (secondary N) is 1. The number of aryl methyl sites for hydroxylation is 3. The first-order valence-corrected chi connectivity index (χ1v) is 6.95. The summed E-state index contributed by atoms with van der Waals surface area (Å²) < 4.78 is 11.7. The molecule has 2 rings (SSSR count). The maximum absolute atomic E-state index is 6.03. The van der Waals surface area contributed by atoms with E-state index in [-0.39, 0.29) is 0 Å². The molecular weight excluding hydrogens is 250 g/mol. The summed E-state index contributed by atoms with van der Waals surface area (Å²) in [5, 5.41) is 3.09. The lowest BCUT2D eigenvalue weighted by molar-refractivity contribution is 0.298.